The predicted molar refractivity (Wildman–Crippen MR) is 83.3 cm³/mol. The molecular formula is C17H22O5. The fourth-order valence-corrected chi connectivity index (χ4v) is 1.93. The molecule has 0 aliphatic rings. The molecule has 0 aliphatic carbocycles. The molecule has 0 bridgehead atoms. The Morgan fingerprint density at radius 3 is 2.50 bits per heavy atom. The Labute approximate surface area is 130 Å². The second-order valence-corrected chi connectivity index (χ2v) is 4.69. The van der Waals surface area contributed by atoms with Crippen LogP contribution in [0.3, 0.4) is 0 Å². The zero-order valence-corrected chi connectivity index (χ0v) is 13.3. The van der Waals surface area contributed by atoms with Crippen LogP contribution in [-0.4, -0.2) is 32.6 Å². The van der Waals surface area contributed by atoms with Crippen molar-refractivity contribution in [3.8, 4) is 11.5 Å². The van der Waals surface area contributed by atoms with Crippen molar-refractivity contribution in [1.29, 1.82) is 0 Å². The number of rotatable bonds is 9. The van der Waals surface area contributed by atoms with E-state index in [1.807, 2.05) is 18.2 Å². The fourth-order valence-electron chi connectivity index (χ4n) is 1.93. The lowest BCUT2D eigenvalue weighted by molar-refractivity contribution is -0.143. The molecule has 0 saturated carbocycles. The second-order valence-electron chi connectivity index (χ2n) is 4.69. The first-order valence-corrected chi connectivity index (χ1v) is 7.12. The summed E-state index contributed by atoms with van der Waals surface area (Å²) in [5.74, 6) is 0.777. The van der Waals surface area contributed by atoms with E-state index in [-0.39, 0.29) is 12.4 Å². The van der Waals surface area contributed by atoms with Gasteiger partial charge in [0.25, 0.3) is 0 Å². The van der Waals surface area contributed by atoms with Gasteiger partial charge in [-0.2, -0.15) is 0 Å². The van der Waals surface area contributed by atoms with E-state index < -0.39 is 5.97 Å². The molecule has 0 saturated heterocycles. The Hall–Kier alpha value is -2.30. The minimum atomic E-state index is -0.490. The molecule has 1 rings (SSSR count). The Bertz CT molecular complexity index is 534. The maximum Gasteiger partial charge on any atom is 0.330 e. The van der Waals surface area contributed by atoms with Gasteiger partial charge in [-0.25, -0.2) is 4.79 Å². The fraction of sp³-hybridized carbons (Fsp3) is 0.412. The van der Waals surface area contributed by atoms with Crippen molar-refractivity contribution >= 4 is 11.8 Å². The van der Waals surface area contributed by atoms with Gasteiger partial charge < -0.3 is 14.2 Å². The minimum absolute atomic E-state index is 0.0849. The number of ether oxygens (including phenoxy) is 3. The number of carbonyl (C=O) groups excluding carboxylic acids is 2. The van der Waals surface area contributed by atoms with Gasteiger partial charge in [-0.1, -0.05) is 12.1 Å². The van der Waals surface area contributed by atoms with Crippen LogP contribution in [-0.2, 0) is 20.7 Å². The molecule has 0 aliphatic heterocycles. The number of carbonyl (C=O) groups is 2. The Morgan fingerprint density at radius 1 is 1.14 bits per heavy atom. The third kappa shape index (κ3) is 5.99. The molecule has 0 aromatic heterocycles. The molecule has 5 heteroatoms. The largest absolute Gasteiger partial charge is 0.493 e. The first kappa shape index (κ1) is 17.8. The van der Waals surface area contributed by atoms with Crippen LogP contribution in [0.25, 0.3) is 0 Å². The number of allylic oxidation sites excluding steroid dienone is 1. The molecule has 0 atom stereocenters. The number of aryl methyl sites for hydroxylation is 1. The molecule has 1 aromatic rings. The summed E-state index contributed by atoms with van der Waals surface area (Å²) in [4.78, 5) is 22.7. The van der Waals surface area contributed by atoms with Crippen molar-refractivity contribution in [2.45, 2.75) is 26.2 Å². The highest BCUT2D eigenvalue weighted by Gasteiger charge is 2.07. The molecule has 1 aromatic carbocycles. The second kappa shape index (κ2) is 9.60. The van der Waals surface area contributed by atoms with Crippen molar-refractivity contribution < 1.29 is 23.8 Å². The van der Waals surface area contributed by atoms with Gasteiger partial charge in [-0.3, -0.25) is 4.79 Å². The number of esters is 1. The maximum absolute atomic E-state index is 11.6. The van der Waals surface area contributed by atoms with E-state index in [0.29, 0.717) is 24.3 Å². The molecule has 5 nitrogen and oxygen atoms in total. The van der Waals surface area contributed by atoms with E-state index in [9.17, 15) is 9.59 Å². The lowest BCUT2D eigenvalue weighted by Crippen LogP contribution is -2.12. The van der Waals surface area contributed by atoms with Crippen LogP contribution in [0.5, 0.6) is 11.5 Å². The Balaban J connectivity index is 2.37. The number of Topliss-reactive ketones (excluding diaryl/α,β-unsaturated/α-hetero) is 1. The molecule has 0 amide bonds. The first-order valence-electron chi connectivity index (χ1n) is 7.12. The van der Waals surface area contributed by atoms with Gasteiger partial charge in [0.15, 0.2) is 17.3 Å². The number of benzene rings is 1. The number of hydrogen-bond donors (Lipinski definition) is 0. The topological polar surface area (TPSA) is 61.8 Å². The van der Waals surface area contributed by atoms with Gasteiger partial charge >= 0.3 is 5.97 Å². The normalized spacial score (nSPS) is 10.5. The molecule has 22 heavy (non-hydrogen) atoms. The molecular weight excluding hydrogens is 284 g/mol. The van der Waals surface area contributed by atoms with Crippen molar-refractivity contribution in [2.75, 3.05) is 20.8 Å². The lowest BCUT2D eigenvalue weighted by Gasteiger charge is -2.09. The molecule has 0 N–H and O–H groups in total. The van der Waals surface area contributed by atoms with Crippen molar-refractivity contribution in [2.24, 2.45) is 0 Å². The third-order valence-electron chi connectivity index (χ3n) is 3.05. The molecule has 0 fully saturated rings. The Morgan fingerprint density at radius 2 is 1.86 bits per heavy atom. The van der Waals surface area contributed by atoms with Crippen molar-refractivity contribution in [3.63, 3.8) is 0 Å². The summed E-state index contributed by atoms with van der Waals surface area (Å²) < 4.78 is 15.2. The van der Waals surface area contributed by atoms with Crippen LogP contribution in [0.1, 0.15) is 25.3 Å². The summed E-state index contributed by atoms with van der Waals surface area (Å²) in [7, 11) is 3.18. The highest BCUT2D eigenvalue weighted by atomic mass is 16.5. The average Bonchev–Trinajstić information content (AvgIpc) is 2.53. The molecule has 0 heterocycles. The highest BCUT2D eigenvalue weighted by molar-refractivity contribution is 5.86. The summed E-state index contributed by atoms with van der Waals surface area (Å²) in [6.07, 6.45) is 4.67. The van der Waals surface area contributed by atoms with Crippen molar-refractivity contribution in [1.82, 2.24) is 0 Å². The standard InChI is InChI=1S/C17H22O5/c1-4-6-17(19)22-12-14(18)8-5-7-13-9-10-15(20-2)16(11-13)21-3/h4,6,9-11H,5,7-8,12H2,1-3H3/b6-4+. The van der Waals surface area contributed by atoms with Crippen LogP contribution < -0.4 is 9.47 Å². The van der Waals surface area contributed by atoms with Gasteiger partial charge in [-0.15, -0.1) is 0 Å². The maximum atomic E-state index is 11.6. The first-order chi connectivity index (χ1) is 10.6. The van der Waals surface area contributed by atoms with Crippen LogP contribution in [0.15, 0.2) is 30.4 Å². The third-order valence-corrected chi connectivity index (χ3v) is 3.05. The van der Waals surface area contributed by atoms with Gasteiger partial charge in [0.2, 0.25) is 0 Å². The summed E-state index contributed by atoms with van der Waals surface area (Å²) in [5.41, 5.74) is 1.07. The number of hydrogen-bond acceptors (Lipinski definition) is 5. The van der Waals surface area contributed by atoms with E-state index in [1.165, 1.54) is 6.08 Å². The van der Waals surface area contributed by atoms with E-state index in [0.717, 1.165) is 12.0 Å². The van der Waals surface area contributed by atoms with Gasteiger partial charge in [0.05, 0.1) is 14.2 Å². The molecule has 0 radical (unpaired) electrons. The lowest BCUT2D eigenvalue weighted by atomic mass is 10.1. The van der Waals surface area contributed by atoms with Crippen LogP contribution >= 0.6 is 0 Å². The predicted octanol–water partition coefficient (Wildman–Crippen LogP) is 2.71. The minimum Gasteiger partial charge on any atom is -0.493 e. The molecule has 0 unspecified atom stereocenters. The summed E-state index contributed by atoms with van der Waals surface area (Å²) in [6, 6.07) is 5.68. The highest BCUT2D eigenvalue weighted by Crippen LogP contribution is 2.28. The van der Waals surface area contributed by atoms with Crippen LogP contribution in [0.4, 0.5) is 0 Å². The van der Waals surface area contributed by atoms with Crippen molar-refractivity contribution in [3.05, 3.63) is 35.9 Å². The SMILES string of the molecule is C/C=C/C(=O)OCC(=O)CCCc1ccc(OC)c(OC)c1. The van der Waals surface area contributed by atoms with Gasteiger partial charge in [0.1, 0.15) is 6.61 Å². The summed E-state index contributed by atoms with van der Waals surface area (Å²) in [5, 5.41) is 0. The van der Waals surface area contributed by atoms with E-state index in [2.05, 4.69) is 0 Å². The monoisotopic (exact) mass is 306 g/mol. The zero-order chi connectivity index (χ0) is 16.4. The summed E-state index contributed by atoms with van der Waals surface area (Å²) in [6.45, 7) is 1.54. The summed E-state index contributed by atoms with van der Waals surface area (Å²) >= 11 is 0. The van der Waals surface area contributed by atoms with Crippen LogP contribution in [0.2, 0.25) is 0 Å². The van der Waals surface area contributed by atoms with Crippen LogP contribution in [0, 0.1) is 0 Å². The number of ketones is 1. The molecule has 120 valence electrons. The smallest absolute Gasteiger partial charge is 0.330 e. The van der Waals surface area contributed by atoms with E-state index >= 15 is 0 Å². The average molecular weight is 306 g/mol. The van der Waals surface area contributed by atoms with E-state index in [4.69, 9.17) is 14.2 Å². The van der Waals surface area contributed by atoms with Gasteiger partial charge in [0, 0.05) is 12.5 Å². The van der Waals surface area contributed by atoms with E-state index in [1.54, 1.807) is 27.2 Å². The Kier molecular flexibility index (Phi) is 7.75. The quantitative estimate of drug-likeness (QED) is 0.518. The van der Waals surface area contributed by atoms with Gasteiger partial charge in [-0.05, 0) is 37.5 Å². The molecule has 0 spiro atoms. The number of methoxy groups -OCH3 is 2. The zero-order valence-electron chi connectivity index (χ0n) is 13.3.